The number of aromatic nitrogens is 1. The Morgan fingerprint density at radius 3 is 2.75 bits per heavy atom. The van der Waals surface area contributed by atoms with Crippen molar-refractivity contribution >= 4 is 5.78 Å². The fraction of sp³-hybridized carbons (Fsp3) is 0.462. The Bertz CT molecular complexity index is 379. The third kappa shape index (κ3) is 3.47. The molecule has 0 radical (unpaired) electrons. The number of ketones is 1. The van der Waals surface area contributed by atoms with E-state index in [1.54, 1.807) is 24.4 Å². The van der Waals surface area contributed by atoms with E-state index < -0.39 is 5.92 Å². The summed E-state index contributed by atoms with van der Waals surface area (Å²) in [5.41, 5.74) is 0.554. The van der Waals surface area contributed by atoms with Gasteiger partial charge in [-0.1, -0.05) is 19.9 Å². The highest BCUT2D eigenvalue weighted by Gasteiger charge is 2.20. The van der Waals surface area contributed by atoms with Crippen LogP contribution in [0.5, 0.6) is 0 Å². The number of nitriles is 1. The van der Waals surface area contributed by atoms with Gasteiger partial charge < -0.3 is 0 Å². The van der Waals surface area contributed by atoms with E-state index in [9.17, 15) is 4.79 Å². The monoisotopic (exact) mass is 216 g/mol. The van der Waals surface area contributed by atoms with E-state index in [1.165, 1.54) is 0 Å². The predicted octanol–water partition coefficient (Wildman–Crippen LogP) is 2.69. The van der Waals surface area contributed by atoms with Crippen molar-refractivity contribution in [3.8, 4) is 6.07 Å². The molecule has 1 aromatic rings. The summed E-state index contributed by atoms with van der Waals surface area (Å²) < 4.78 is 0. The molecule has 1 atom stereocenters. The van der Waals surface area contributed by atoms with E-state index >= 15 is 0 Å². The maximum absolute atomic E-state index is 11.8. The topological polar surface area (TPSA) is 53.8 Å². The van der Waals surface area contributed by atoms with Gasteiger partial charge in [0.15, 0.2) is 5.78 Å². The van der Waals surface area contributed by atoms with Crippen LogP contribution in [0.15, 0.2) is 24.4 Å². The second-order valence-electron chi connectivity index (χ2n) is 4.22. The fourth-order valence-corrected chi connectivity index (χ4v) is 1.43. The molecule has 0 fully saturated rings. The van der Waals surface area contributed by atoms with Crippen LogP contribution in [0.1, 0.15) is 38.3 Å². The summed E-state index contributed by atoms with van der Waals surface area (Å²) in [4.78, 5) is 15.9. The van der Waals surface area contributed by atoms with Crippen LogP contribution >= 0.6 is 0 Å². The smallest absolute Gasteiger partial charge is 0.156 e. The molecule has 0 spiro atoms. The highest BCUT2D eigenvalue weighted by atomic mass is 16.1. The zero-order valence-corrected chi connectivity index (χ0v) is 9.68. The minimum Gasteiger partial charge on any atom is -0.298 e. The van der Waals surface area contributed by atoms with E-state index in [2.05, 4.69) is 18.8 Å². The molecule has 3 heteroatoms. The minimum atomic E-state index is -0.708. The molecule has 0 amide bonds. The molecular formula is C13H16N2O. The number of Topliss-reactive ketones (excluding diaryl/α,β-unsaturated/α-hetero) is 1. The molecule has 16 heavy (non-hydrogen) atoms. The van der Waals surface area contributed by atoms with Crippen LogP contribution in [-0.4, -0.2) is 10.8 Å². The Hall–Kier alpha value is -1.69. The molecule has 0 N–H and O–H groups in total. The normalized spacial score (nSPS) is 12.1. The lowest BCUT2D eigenvalue weighted by molar-refractivity contribution is -0.119. The van der Waals surface area contributed by atoms with Gasteiger partial charge in [-0.3, -0.25) is 9.78 Å². The molecular weight excluding hydrogens is 200 g/mol. The fourth-order valence-electron chi connectivity index (χ4n) is 1.43. The lowest BCUT2D eigenvalue weighted by Crippen LogP contribution is -2.12. The Balaban J connectivity index is 2.69. The first-order valence-corrected chi connectivity index (χ1v) is 5.48. The van der Waals surface area contributed by atoms with Gasteiger partial charge in [0.25, 0.3) is 0 Å². The van der Waals surface area contributed by atoms with E-state index in [-0.39, 0.29) is 5.78 Å². The molecule has 0 aliphatic carbocycles. The van der Waals surface area contributed by atoms with Crippen molar-refractivity contribution in [2.24, 2.45) is 5.92 Å². The van der Waals surface area contributed by atoms with E-state index in [4.69, 9.17) is 5.26 Å². The summed E-state index contributed by atoms with van der Waals surface area (Å²) in [6.45, 7) is 4.13. The number of hydrogen-bond donors (Lipinski definition) is 0. The van der Waals surface area contributed by atoms with Gasteiger partial charge in [0.1, 0.15) is 5.92 Å². The largest absolute Gasteiger partial charge is 0.298 e. The van der Waals surface area contributed by atoms with Crippen molar-refractivity contribution in [3.05, 3.63) is 30.1 Å². The van der Waals surface area contributed by atoms with E-state index in [0.717, 1.165) is 6.42 Å². The molecule has 1 unspecified atom stereocenters. The first kappa shape index (κ1) is 12.4. The zero-order chi connectivity index (χ0) is 12.0. The molecule has 1 heterocycles. The molecule has 1 aromatic heterocycles. The number of pyridine rings is 1. The van der Waals surface area contributed by atoms with Gasteiger partial charge in [0.05, 0.1) is 11.8 Å². The molecule has 0 aliphatic heterocycles. The molecule has 0 saturated carbocycles. The third-order valence-electron chi connectivity index (χ3n) is 2.40. The van der Waals surface area contributed by atoms with Crippen molar-refractivity contribution in [1.82, 2.24) is 4.98 Å². The molecule has 84 valence electrons. The summed E-state index contributed by atoms with van der Waals surface area (Å²) in [7, 11) is 0. The maximum atomic E-state index is 11.8. The number of hydrogen-bond acceptors (Lipinski definition) is 3. The van der Waals surface area contributed by atoms with Crippen molar-refractivity contribution in [1.29, 1.82) is 5.26 Å². The van der Waals surface area contributed by atoms with Crippen LogP contribution in [-0.2, 0) is 4.79 Å². The molecule has 1 rings (SSSR count). The average molecular weight is 216 g/mol. The Labute approximate surface area is 96.1 Å². The first-order chi connectivity index (χ1) is 7.65. The van der Waals surface area contributed by atoms with Gasteiger partial charge in [0.2, 0.25) is 0 Å². The lowest BCUT2D eigenvalue weighted by Gasteiger charge is -2.08. The van der Waals surface area contributed by atoms with Gasteiger partial charge in [-0.2, -0.15) is 5.26 Å². The maximum Gasteiger partial charge on any atom is 0.156 e. The van der Waals surface area contributed by atoms with Gasteiger partial charge in [-0.05, 0) is 24.5 Å². The van der Waals surface area contributed by atoms with Crippen LogP contribution in [0.3, 0.4) is 0 Å². The lowest BCUT2D eigenvalue weighted by atomic mass is 9.95. The van der Waals surface area contributed by atoms with Crippen LogP contribution < -0.4 is 0 Å². The van der Waals surface area contributed by atoms with E-state index in [0.29, 0.717) is 18.0 Å². The highest BCUT2D eigenvalue weighted by molar-refractivity contribution is 5.87. The molecule has 3 nitrogen and oxygen atoms in total. The van der Waals surface area contributed by atoms with E-state index in [1.807, 2.05) is 6.07 Å². The standard InChI is InChI=1S/C13H16N2O/c1-10(2)6-7-13(16)11(9-14)12-5-3-4-8-15-12/h3-5,8,10-11H,6-7H2,1-2H3. The third-order valence-corrected chi connectivity index (χ3v) is 2.40. The molecule has 0 aromatic carbocycles. The van der Waals surface area contributed by atoms with Crippen LogP contribution in [0, 0.1) is 17.2 Å². The second kappa shape index (κ2) is 6.02. The van der Waals surface area contributed by atoms with Crippen LogP contribution in [0.25, 0.3) is 0 Å². The minimum absolute atomic E-state index is 0.0325. The summed E-state index contributed by atoms with van der Waals surface area (Å²) in [5.74, 6) is -0.262. The summed E-state index contributed by atoms with van der Waals surface area (Å²) in [5, 5.41) is 9.00. The quantitative estimate of drug-likeness (QED) is 0.760. The molecule has 0 bridgehead atoms. The van der Waals surface area contributed by atoms with Crippen molar-refractivity contribution in [2.75, 3.05) is 0 Å². The SMILES string of the molecule is CC(C)CCC(=O)C(C#N)c1ccccn1. The Morgan fingerprint density at radius 2 is 2.25 bits per heavy atom. The van der Waals surface area contributed by atoms with Crippen molar-refractivity contribution < 1.29 is 4.79 Å². The Kier molecular flexibility index (Phi) is 4.65. The van der Waals surface area contributed by atoms with Crippen LogP contribution in [0.2, 0.25) is 0 Å². The molecule has 0 saturated heterocycles. The average Bonchev–Trinajstić information content (AvgIpc) is 2.29. The van der Waals surface area contributed by atoms with Gasteiger partial charge in [0, 0.05) is 12.6 Å². The summed E-state index contributed by atoms with van der Waals surface area (Å²) >= 11 is 0. The number of carbonyl (C=O) groups excluding carboxylic acids is 1. The van der Waals surface area contributed by atoms with Gasteiger partial charge in [-0.15, -0.1) is 0 Å². The summed E-state index contributed by atoms with van der Waals surface area (Å²) in [6.07, 6.45) is 2.88. The van der Waals surface area contributed by atoms with Crippen molar-refractivity contribution in [3.63, 3.8) is 0 Å². The van der Waals surface area contributed by atoms with Gasteiger partial charge in [-0.25, -0.2) is 0 Å². The predicted molar refractivity (Wildman–Crippen MR) is 61.7 cm³/mol. The second-order valence-corrected chi connectivity index (χ2v) is 4.22. The number of rotatable bonds is 5. The highest BCUT2D eigenvalue weighted by Crippen LogP contribution is 2.17. The first-order valence-electron chi connectivity index (χ1n) is 5.48. The van der Waals surface area contributed by atoms with Crippen molar-refractivity contribution in [2.45, 2.75) is 32.6 Å². The Morgan fingerprint density at radius 1 is 1.50 bits per heavy atom. The zero-order valence-electron chi connectivity index (χ0n) is 9.68. The van der Waals surface area contributed by atoms with Crippen LogP contribution in [0.4, 0.5) is 0 Å². The summed E-state index contributed by atoms with van der Waals surface area (Å²) in [6, 6.07) is 7.32. The number of carbonyl (C=O) groups is 1. The molecule has 0 aliphatic rings. The van der Waals surface area contributed by atoms with Gasteiger partial charge >= 0.3 is 0 Å². The number of nitrogens with zero attached hydrogens (tertiary/aromatic N) is 2.